The van der Waals surface area contributed by atoms with E-state index in [1.807, 2.05) is 0 Å². The molecule has 2 unspecified atom stereocenters. The Labute approximate surface area is 119 Å². The molecule has 0 heterocycles. The van der Waals surface area contributed by atoms with Gasteiger partial charge in [0, 0.05) is 11.5 Å². The Kier molecular flexibility index (Phi) is 6.57. The molecule has 0 radical (unpaired) electrons. The molecular weight excluding hydrogens is 230 g/mol. The molecule has 1 aromatic rings. The Morgan fingerprint density at radius 2 is 1.58 bits per heavy atom. The summed E-state index contributed by atoms with van der Waals surface area (Å²) in [6, 6.07) is 11.6. The van der Waals surface area contributed by atoms with Crippen LogP contribution in [0.4, 0.5) is 0 Å². The van der Waals surface area contributed by atoms with E-state index >= 15 is 0 Å². The van der Waals surface area contributed by atoms with E-state index in [-0.39, 0.29) is 5.41 Å². The average Bonchev–Trinajstić information content (AvgIpc) is 2.48. The molecular formula is C18H31N. The van der Waals surface area contributed by atoms with E-state index in [2.05, 4.69) is 70.3 Å². The minimum Gasteiger partial charge on any atom is -0.313 e. The molecule has 1 aromatic carbocycles. The zero-order valence-corrected chi connectivity index (χ0v) is 13.4. The van der Waals surface area contributed by atoms with Crippen LogP contribution in [-0.2, 0) is 5.41 Å². The second kappa shape index (κ2) is 7.69. The third-order valence-corrected chi connectivity index (χ3v) is 4.84. The molecule has 1 N–H and O–H groups in total. The standard InChI is InChI=1S/C18H31N/c1-6-15(5)17(19-9-4)18(7-2,8-3)16-13-11-10-12-14-16/h10-15,17,19H,6-9H2,1-5H3. The van der Waals surface area contributed by atoms with Gasteiger partial charge in [-0.1, -0.05) is 71.4 Å². The third-order valence-electron chi connectivity index (χ3n) is 4.84. The minimum atomic E-state index is 0.257. The summed E-state index contributed by atoms with van der Waals surface area (Å²) in [7, 11) is 0. The van der Waals surface area contributed by atoms with Crippen molar-refractivity contribution < 1.29 is 0 Å². The van der Waals surface area contributed by atoms with Crippen molar-refractivity contribution in [2.45, 2.75) is 65.3 Å². The van der Waals surface area contributed by atoms with Gasteiger partial charge < -0.3 is 5.32 Å². The maximum Gasteiger partial charge on any atom is 0.0189 e. The molecule has 108 valence electrons. The molecule has 0 saturated heterocycles. The van der Waals surface area contributed by atoms with Gasteiger partial charge in [0.05, 0.1) is 0 Å². The number of nitrogens with one attached hydrogen (secondary N) is 1. The van der Waals surface area contributed by atoms with Crippen molar-refractivity contribution in [3.63, 3.8) is 0 Å². The number of benzene rings is 1. The van der Waals surface area contributed by atoms with Crippen LogP contribution in [-0.4, -0.2) is 12.6 Å². The predicted octanol–water partition coefficient (Wildman–Crippen LogP) is 4.77. The fourth-order valence-electron chi connectivity index (χ4n) is 3.44. The summed E-state index contributed by atoms with van der Waals surface area (Å²) in [6.07, 6.45) is 3.61. The van der Waals surface area contributed by atoms with Crippen molar-refractivity contribution in [2.24, 2.45) is 5.92 Å². The van der Waals surface area contributed by atoms with Gasteiger partial charge in [0.1, 0.15) is 0 Å². The monoisotopic (exact) mass is 261 g/mol. The SMILES string of the molecule is CCNC(C(C)CC)C(CC)(CC)c1ccccc1. The lowest BCUT2D eigenvalue weighted by molar-refractivity contribution is 0.207. The highest BCUT2D eigenvalue weighted by Crippen LogP contribution is 2.38. The zero-order valence-electron chi connectivity index (χ0n) is 13.4. The normalized spacial score (nSPS) is 15.2. The van der Waals surface area contributed by atoms with Crippen LogP contribution in [0.2, 0.25) is 0 Å². The number of rotatable bonds is 8. The number of hydrogen-bond acceptors (Lipinski definition) is 1. The Hall–Kier alpha value is -0.820. The van der Waals surface area contributed by atoms with E-state index in [4.69, 9.17) is 0 Å². The fraction of sp³-hybridized carbons (Fsp3) is 0.667. The summed E-state index contributed by atoms with van der Waals surface area (Å²) in [4.78, 5) is 0. The maximum atomic E-state index is 3.77. The Balaban J connectivity index is 3.22. The highest BCUT2D eigenvalue weighted by Gasteiger charge is 2.39. The van der Waals surface area contributed by atoms with Crippen LogP contribution >= 0.6 is 0 Å². The summed E-state index contributed by atoms with van der Waals surface area (Å²) in [5.41, 5.74) is 1.75. The highest BCUT2D eigenvalue weighted by molar-refractivity contribution is 5.28. The molecule has 0 aliphatic rings. The van der Waals surface area contributed by atoms with Crippen LogP contribution in [0.15, 0.2) is 30.3 Å². The molecule has 19 heavy (non-hydrogen) atoms. The smallest absolute Gasteiger partial charge is 0.0189 e. The van der Waals surface area contributed by atoms with Gasteiger partial charge in [-0.25, -0.2) is 0 Å². The second-order valence-corrected chi connectivity index (χ2v) is 5.65. The van der Waals surface area contributed by atoms with Gasteiger partial charge in [-0.15, -0.1) is 0 Å². The first-order valence-corrected chi connectivity index (χ1v) is 7.95. The Morgan fingerprint density at radius 1 is 1.00 bits per heavy atom. The van der Waals surface area contributed by atoms with Crippen molar-refractivity contribution in [1.82, 2.24) is 5.32 Å². The van der Waals surface area contributed by atoms with E-state index in [0.29, 0.717) is 12.0 Å². The lowest BCUT2D eigenvalue weighted by Gasteiger charge is -2.44. The Morgan fingerprint density at radius 3 is 2.00 bits per heavy atom. The van der Waals surface area contributed by atoms with Gasteiger partial charge in [-0.3, -0.25) is 0 Å². The first-order valence-electron chi connectivity index (χ1n) is 7.95. The predicted molar refractivity (Wildman–Crippen MR) is 85.6 cm³/mol. The molecule has 1 rings (SSSR count). The summed E-state index contributed by atoms with van der Waals surface area (Å²) < 4.78 is 0. The van der Waals surface area contributed by atoms with Crippen LogP contribution in [0.3, 0.4) is 0 Å². The van der Waals surface area contributed by atoms with Gasteiger partial charge in [0.15, 0.2) is 0 Å². The van der Waals surface area contributed by atoms with Crippen LogP contribution in [0.25, 0.3) is 0 Å². The van der Waals surface area contributed by atoms with Gasteiger partial charge in [0.25, 0.3) is 0 Å². The molecule has 0 aliphatic carbocycles. The lowest BCUT2D eigenvalue weighted by Crippen LogP contribution is -2.51. The molecule has 1 nitrogen and oxygen atoms in total. The van der Waals surface area contributed by atoms with Crippen molar-refractivity contribution >= 4 is 0 Å². The highest BCUT2D eigenvalue weighted by atomic mass is 14.9. The first-order chi connectivity index (χ1) is 9.16. The van der Waals surface area contributed by atoms with Gasteiger partial charge in [0.2, 0.25) is 0 Å². The van der Waals surface area contributed by atoms with Crippen LogP contribution in [0, 0.1) is 5.92 Å². The van der Waals surface area contributed by atoms with Crippen LogP contribution in [0.5, 0.6) is 0 Å². The molecule has 0 aromatic heterocycles. The maximum absolute atomic E-state index is 3.77. The van der Waals surface area contributed by atoms with Gasteiger partial charge in [-0.2, -0.15) is 0 Å². The van der Waals surface area contributed by atoms with E-state index in [1.54, 1.807) is 0 Å². The molecule has 2 atom stereocenters. The van der Waals surface area contributed by atoms with Gasteiger partial charge in [-0.05, 0) is 30.9 Å². The molecule has 0 bridgehead atoms. The summed E-state index contributed by atoms with van der Waals surface area (Å²) in [5, 5.41) is 3.77. The molecule has 0 saturated carbocycles. The first kappa shape index (κ1) is 16.2. The summed E-state index contributed by atoms with van der Waals surface area (Å²) in [6.45, 7) is 12.6. The van der Waals surface area contributed by atoms with E-state index in [0.717, 1.165) is 6.54 Å². The van der Waals surface area contributed by atoms with E-state index < -0.39 is 0 Å². The molecule has 0 spiro atoms. The largest absolute Gasteiger partial charge is 0.313 e. The van der Waals surface area contributed by atoms with E-state index in [1.165, 1.54) is 24.8 Å². The third kappa shape index (κ3) is 3.39. The van der Waals surface area contributed by atoms with Crippen LogP contribution < -0.4 is 5.32 Å². The number of likely N-dealkylation sites (N-methyl/N-ethyl adjacent to an activating group) is 1. The fourth-order valence-corrected chi connectivity index (χ4v) is 3.44. The van der Waals surface area contributed by atoms with Gasteiger partial charge >= 0.3 is 0 Å². The van der Waals surface area contributed by atoms with Crippen molar-refractivity contribution in [2.75, 3.05) is 6.54 Å². The zero-order chi connectivity index (χ0) is 14.3. The summed E-state index contributed by atoms with van der Waals surface area (Å²) >= 11 is 0. The molecule has 1 heteroatoms. The topological polar surface area (TPSA) is 12.0 Å². The Bertz CT molecular complexity index is 340. The van der Waals surface area contributed by atoms with Crippen molar-refractivity contribution in [3.05, 3.63) is 35.9 Å². The van der Waals surface area contributed by atoms with Crippen molar-refractivity contribution in [1.29, 1.82) is 0 Å². The molecule has 0 aliphatic heterocycles. The van der Waals surface area contributed by atoms with Crippen molar-refractivity contribution in [3.8, 4) is 0 Å². The molecule has 0 amide bonds. The summed E-state index contributed by atoms with van der Waals surface area (Å²) in [5.74, 6) is 0.694. The van der Waals surface area contributed by atoms with E-state index in [9.17, 15) is 0 Å². The van der Waals surface area contributed by atoms with Crippen LogP contribution in [0.1, 0.15) is 59.4 Å². The minimum absolute atomic E-state index is 0.257. The number of hydrogen-bond donors (Lipinski definition) is 1. The molecule has 0 fully saturated rings. The lowest BCUT2D eigenvalue weighted by atomic mass is 9.66. The second-order valence-electron chi connectivity index (χ2n) is 5.65. The average molecular weight is 261 g/mol. The quantitative estimate of drug-likeness (QED) is 0.711.